The number of carbonyl (C=O) groups is 1. The zero-order chi connectivity index (χ0) is 13.5. The molecule has 1 aliphatic rings. The molecule has 6 heteroatoms. The maximum atomic E-state index is 11.5. The molecule has 6 nitrogen and oxygen atoms in total. The van der Waals surface area contributed by atoms with E-state index < -0.39 is 0 Å². The van der Waals surface area contributed by atoms with Crippen molar-refractivity contribution < 1.29 is 4.79 Å². The van der Waals surface area contributed by atoms with Crippen molar-refractivity contribution in [2.75, 3.05) is 17.2 Å². The number of carbonyl (C=O) groups excluding carboxylic acids is 1. The number of anilines is 2. The van der Waals surface area contributed by atoms with Gasteiger partial charge in [-0.25, -0.2) is 4.79 Å². The van der Waals surface area contributed by atoms with Crippen molar-refractivity contribution in [3.63, 3.8) is 0 Å². The number of urea groups is 1. The summed E-state index contributed by atoms with van der Waals surface area (Å²) < 4.78 is 0. The molecule has 0 unspecified atom stereocenters. The molecular weight excluding hydrogens is 242 g/mol. The van der Waals surface area contributed by atoms with Gasteiger partial charge in [-0.15, -0.1) is 10.2 Å². The Morgan fingerprint density at radius 3 is 2.63 bits per heavy atom. The van der Waals surface area contributed by atoms with E-state index in [1.807, 2.05) is 6.07 Å². The van der Waals surface area contributed by atoms with E-state index in [0.717, 1.165) is 31.6 Å². The molecule has 1 aromatic rings. The van der Waals surface area contributed by atoms with Crippen molar-refractivity contribution in [2.24, 2.45) is 0 Å². The van der Waals surface area contributed by atoms with Gasteiger partial charge in [0.2, 0.25) is 0 Å². The van der Waals surface area contributed by atoms with E-state index in [1.165, 1.54) is 12.8 Å². The molecule has 0 bridgehead atoms. The van der Waals surface area contributed by atoms with Gasteiger partial charge in [-0.3, -0.25) is 5.32 Å². The van der Waals surface area contributed by atoms with E-state index in [-0.39, 0.29) is 6.03 Å². The zero-order valence-electron chi connectivity index (χ0n) is 11.3. The van der Waals surface area contributed by atoms with Gasteiger partial charge in [0.25, 0.3) is 0 Å². The Bertz CT molecular complexity index is 402. The number of nitrogens with one attached hydrogen (secondary N) is 3. The van der Waals surface area contributed by atoms with Crippen LogP contribution in [0.25, 0.3) is 0 Å². The van der Waals surface area contributed by atoms with Crippen molar-refractivity contribution in [3.8, 4) is 0 Å². The lowest BCUT2D eigenvalue weighted by Crippen LogP contribution is -2.30. The molecule has 0 saturated heterocycles. The fraction of sp³-hybridized carbons (Fsp3) is 0.615. The molecule has 2 rings (SSSR count). The van der Waals surface area contributed by atoms with Crippen LogP contribution in [0.4, 0.5) is 16.4 Å². The predicted molar refractivity (Wildman–Crippen MR) is 75.2 cm³/mol. The van der Waals surface area contributed by atoms with E-state index in [0.29, 0.717) is 11.9 Å². The smallest absolute Gasteiger partial charge is 0.320 e. The van der Waals surface area contributed by atoms with Crippen molar-refractivity contribution >= 4 is 17.7 Å². The molecule has 104 valence electrons. The van der Waals surface area contributed by atoms with Crippen molar-refractivity contribution in [1.29, 1.82) is 0 Å². The molecule has 0 radical (unpaired) electrons. The highest BCUT2D eigenvalue weighted by Gasteiger charge is 2.23. The van der Waals surface area contributed by atoms with Gasteiger partial charge in [0, 0.05) is 12.6 Å². The summed E-state index contributed by atoms with van der Waals surface area (Å²) in [5.74, 6) is 1.21. The van der Waals surface area contributed by atoms with Gasteiger partial charge >= 0.3 is 6.03 Å². The molecule has 2 amide bonds. The third-order valence-corrected chi connectivity index (χ3v) is 2.91. The number of amides is 2. The summed E-state index contributed by atoms with van der Waals surface area (Å²) in [5.41, 5.74) is 0. The Kier molecular flexibility index (Phi) is 4.94. The monoisotopic (exact) mass is 263 g/mol. The lowest BCUT2D eigenvalue weighted by molar-refractivity contribution is 0.251. The minimum atomic E-state index is -0.208. The molecule has 3 N–H and O–H groups in total. The quantitative estimate of drug-likeness (QED) is 0.660. The Balaban J connectivity index is 1.72. The number of rotatable bonds is 7. The SMILES string of the molecule is CCCCCNc1ccc(NC(=O)NC2CC2)nn1. The van der Waals surface area contributed by atoms with Crippen LogP contribution in [0.3, 0.4) is 0 Å². The van der Waals surface area contributed by atoms with Gasteiger partial charge in [0.05, 0.1) is 0 Å². The Morgan fingerprint density at radius 1 is 1.26 bits per heavy atom. The molecule has 0 aliphatic heterocycles. The Labute approximate surface area is 113 Å². The first-order valence-corrected chi connectivity index (χ1v) is 6.93. The van der Waals surface area contributed by atoms with Crippen LogP contribution in [0.5, 0.6) is 0 Å². The minimum absolute atomic E-state index is 0.208. The van der Waals surface area contributed by atoms with Crippen LogP contribution < -0.4 is 16.0 Å². The molecule has 1 aromatic heterocycles. The molecule has 1 saturated carbocycles. The largest absolute Gasteiger partial charge is 0.369 e. The van der Waals surface area contributed by atoms with Crippen LogP contribution in [-0.4, -0.2) is 28.8 Å². The van der Waals surface area contributed by atoms with Gasteiger partial charge in [0.1, 0.15) is 5.82 Å². The molecule has 0 atom stereocenters. The normalized spacial score (nSPS) is 13.9. The van der Waals surface area contributed by atoms with Crippen LogP contribution in [-0.2, 0) is 0 Å². The molecule has 1 fully saturated rings. The average molecular weight is 263 g/mol. The fourth-order valence-corrected chi connectivity index (χ4v) is 1.65. The number of hydrogen-bond donors (Lipinski definition) is 3. The maximum absolute atomic E-state index is 11.5. The van der Waals surface area contributed by atoms with Gasteiger partial charge in [-0.2, -0.15) is 0 Å². The van der Waals surface area contributed by atoms with E-state index in [9.17, 15) is 4.79 Å². The van der Waals surface area contributed by atoms with E-state index in [1.54, 1.807) is 6.07 Å². The summed E-state index contributed by atoms with van der Waals surface area (Å²) >= 11 is 0. The van der Waals surface area contributed by atoms with Gasteiger partial charge in [-0.1, -0.05) is 19.8 Å². The standard InChI is InChI=1S/C13H21N5O/c1-2-3-4-9-14-11-7-8-12(18-17-11)16-13(19)15-10-5-6-10/h7-8,10H,2-6,9H2,1H3,(H,14,17)(H2,15,16,18,19). The summed E-state index contributed by atoms with van der Waals surface area (Å²) in [6.07, 6.45) is 5.68. The molecule has 1 aliphatic carbocycles. The van der Waals surface area contributed by atoms with E-state index >= 15 is 0 Å². The minimum Gasteiger partial charge on any atom is -0.369 e. The summed E-state index contributed by atoms with van der Waals surface area (Å²) in [6.45, 7) is 3.07. The number of nitrogens with zero attached hydrogens (tertiary/aromatic N) is 2. The zero-order valence-corrected chi connectivity index (χ0v) is 11.3. The van der Waals surface area contributed by atoms with E-state index in [4.69, 9.17) is 0 Å². The summed E-state index contributed by atoms with van der Waals surface area (Å²) in [6, 6.07) is 3.71. The highest BCUT2D eigenvalue weighted by Crippen LogP contribution is 2.18. The molecular formula is C13H21N5O. The third-order valence-electron chi connectivity index (χ3n) is 2.91. The van der Waals surface area contributed by atoms with Crippen LogP contribution in [0, 0.1) is 0 Å². The first kappa shape index (κ1) is 13.6. The number of aromatic nitrogens is 2. The lowest BCUT2D eigenvalue weighted by atomic mass is 10.2. The third kappa shape index (κ3) is 5.11. The molecule has 1 heterocycles. The van der Waals surface area contributed by atoms with E-state index in [2.05, 4.69) is 33.1 Å². The highest BCUT2D eigenvalue weighted by molar-refractivity contribution is 5.88. The van der Waals surface area contributed by atoms with Crippen LogP contribution in [0.1, 0.15) is 39.0 Å². The first-order valence-electron chi connectivity index (χ1n) is 6.93. The van der Waals surface area contributed by atoms with Crippen molar-refractivity contribution in [3.05, 3.63) is 12.1 Å². The Hall–Kier alpha value is -1.85. The highest BCUT2D eigenvalue weighted by atomic mass is 16.2. The molecule has 0 aromatic carbocycles. The second-order valence-corrected chi connectivity index (χ2v) is 4.81. The first-order chi connectivity index (χ1) is 9.28. The maximum Gasteiger partial charge on any atom is 0.320 e. The molecule has 0 spiro atoms. The number of unbranched alkanes of at least 4 members (excludes halogenated alkanes) is 2. The second-order valence-electron chi connectivity index (χ2n) is 4.81. The topological polar surface area (TPSA) is 78.9 Å². The van der Waals surface area contributed by atoms with Crippen LogP contribution >= 0.6 is 0 Å². The average Bonchev–Trinajstić information content (AvgIpc) is 3.20. The van der Waals surface area contributed by atoms with Gasteiger partial charge in [-0.05, 0) is 31.4 Å². The summed E-state index contributed by atoms with van der Waals surface area (Å²) in [7, 11) is 0. The molecule has 19 heavy (non-hydrogen) atoms. The Morgan fingerprint density at radius 2 is 2.00 bits per heavy atom. The number of hydrogen-bond acceptors (Lipinski definition) is 4. The predicted octanol–water partition coefficient (Wildman–Crippen LogP) is 2.36. The second kappa shape index (κ2) is 6.92. The summed E-state index contributed by atoms with van der Waals surface area (Å²) in [5, 5.41) is 16.7. The van der Waals surface area contributed by atoms with Crippen LogP contribution in [0.15, 0.2) is 12.1 Å². The van der Waals surface area contributed by atoms with Gasteiger partial charge < -0.3 is 10.6 Å². The van der Waals surface area contributed by atoms with Crippen molar-refractivity contribution in [2.45, 2.75) is 45.1 Å². The summed E-state index contributed by atoms with van der Waals surface area (Å²) in [4.78, 5) is 11.5. The van der Waals surface area contributed by atoms with Gasteiger partial charge in [0.15, 0.2) is 5.82 Å². The van der Waals surface area contributed by atoms with Crippen molar-refractivity contribution in [1.82, 2.24) is 15.5 Å². The van der Waals surface area contributed by atoms with Crippen LogP contribution in [0.2, 0.25) is 0 Å². The fourth-order valence-electron chi connectivity index (χ4n) is 1.65. The lowest BCUT2D eigenvalue weighted by Gasteiger charge is -2.07.